The molecule has 0 fully saturated rings. The lowest BCUT2D eigenvalue weighted by Gasteiger charge is -2.11. The highest BCUT2D eigenvalue weighted by Crippen LogP contribution is 2.31. The van der Waals surface area contributed by atoms with Crippen molar-refractivity contribution in [2.24, 2.45) is 0 Å². The van der Waals surface area contributed by atoms with E-state index in [1.807, 2.05) is 65.4 Å². The van der Waals surface area contributed by atoms with E-state index >= 15 is 0 Å². The number of hydrogen-bond acceptors (Lipinski definition) is 5. The van der Waals surface area contributed by atoms with E-state index in [9.17, 15) is 0 Å². The van der Waals surface area contributed by atoms with Crippen LogP contribution in [-0.4, -0.2) is 24.5 Å². The number of fused-ring (bicyclic) bond motifs is 1. The molecule has 0 aliphatic carbocycles. The molecule has 158 valence electrons. The van der Waals surface area contributed by atoms with Gasteiger partial charge in [0.1, 0.15) is 11.3 Å². The van der Waals surface area contributed by atoms with E-state index in [1.165, 1.54) is 0 Å². The molecule has 1 aromatic carbocycles. The zero-order chi connectivity index (χ0) is 22.1. The smallest absolute Gasteiger partial charge is 0.165 e. The first-order chi connectivity index (χ1) is 15.7. The molecule has 5 aromatic rings. The van der Waals surface area contributed by atoms with Gasteiger partial charge in [-0.3, -0.25) is 9.55 Å². The Bertz CT molecular complexity index is 1390. The minimum atomic E-state index is 0.418. The Morgan fingerprint density at radius 1 is 0.938 bits per heavy atom. The van der Waals surface area contributed by atoms with Crippen LogP contribution < -0.4 is 5.73 Å². The molecule has 4 aromatic heterocycles. The number of nitrogens with two attached hydrogens (primary N) is 1. The van der Waals surface area contributed by atoms with Crippen molar-refractivity contribution in [2.45, 2.75) is 19.2 Å². The average molecular weight is 441 g/mol. The number of pyridine rings is 3. The second kappa shape index (κ2) is 8.40. The molecule has 0 radical (unpaired) electrons. The fourth-order valence-electron chi connectivity index (χ4n) is 3.67. The summed E-state index contributed by atoms with van der Waals surface area (Å²) in [5.74, 6) is 1.56. The largest absolute Gasteiger partial charge is 0.383 e. The summed E-state index contributed by atoms with van der Waals surface area (Å²) in [4.78, 5) is 18.6. The van der Waals surface area contributed by atoms with E-state index in [0.29, 0.717) is 17.5 Å². The Morgan fingerprint density at radius 3 is 2.47 bits per heavy atom. The maximum atomic E-state index is 6.20. The van der Waals surface area contributed by atoms with Crippen LogP contribution >= 0.6 is 11.6 Å². The molecule has 0 bridgehead atoms. The van der Waals surface area contributed by atoms with E-state index in [4.69, 9.17) is 27.3 Å². The van der Waals surface area contributed by atoms with Crippen molar-refractivity contribution in [1.29, 1.82) is 0 Å². The highest BCUT2D eigenvalue weighted by Gasteiger charge is 2.18. The van der Waals surface area contributed by atoms with Gasteiger partial charge in [-0.2, -0.15) is 0 Å². The van der Waals surface area contributed by atoms with Gasteiger partial charge in [0, 0.05) is 35.2 Å². The monoisotopic (exact) mass is 440 g/mol. The number of nitrogens with zero attached hydrogens (tertiary/aromatic N) is 5. The highest BCUT2D eigenvalue weighted by atomic mass is 35.5. The third-order valence-corrected chi connectivity index (χ3v) is 5.72. The lowest BCUT2D eigenvalue weighted by atomic mass is 10.1. The summed E-state index contributed by atoms with van der Waals surface area (Å²) < 4.78 is 2.01. The van der Waals surface area contributed by atoms with Gasteiger partial charge in [0.2, 0.25) is 0 Å². The lowest BCUT2D eigenvalue weighted by molar-refractivity contribution is 1.03. The number of hydrogen-bond donors (Lipinski definition) is 1. The van der Waals surface area contributed by atoms with Crippen LogP contribution in [0.4, 0.5) is 5.82 Å². The molecule has 0 aliphatic heterocycles. The van der Waals surface area contributed by atoms with Crippen molar-refractivity contribution in [1.82, 2.24) is 24.5 Å². The first-order valence-corrected chi connectivity index (χ1v) is 10.9. The van der Waals surface area contributed by atoms with Crippen molar-refractivity contribution >= 4 is 28.6 Å². The Labute approximate surface area is 190 Å². The first kappa shape index (κ1) is 20.2. The number of aryl methyl sites for hydroxylation is 1. The minimum absolute atomic E-state index is 0.418. The molecular weight excluding hydrogens is 420 g/mol. The van der Waals surface area contributed by atoms with E-state index < -0.39 is 0 Å². The van der Waals surface area contributed by atoms with Gasteiger partial charge in [0.05, 0.1) is 11.3 Å². The van der Waals surface area contributed by atoms with Crippen LogP contribution in [0.5, 0.6) is 0 Å². The molecule has 0 aliphatic rings. The Balaban J connectivity index is 1.74. The van der Waals surface area contributed by atoms with Crippen LogP contribution in [0.3, 0.4) is 0 Å². The number of nitrogen functional groups attached to an aromatic ring is 1. The van der Waals surface area contributed by atoms with Crippen LogP contribution in [-0.2, 0) is 12.3 Å². The summed E-state index contributed by atoms with van der Waals surface area (Å²) in [6, 6.07) is 19.8. The molecule has 0 spiro atoms. The minimum Gasteiger partial charge on any atom is -0.383 e. The number of alkyl halides is 1. The molecule has 0 saturated carbocycles. The number of benzene rings is 1. The van der Waals surface area contributed by atoms with Gasteiger partial charge in [-0.15, -0.1) is 11.6 Å². The summed E-state index contributed by atoms with van der Waals surface area (Å²) in [6.45, 7) is 2.09. The maximum Gasteiger partial charge on any atom is 0.165 e. The molecule has 6 nitrogen and oxygen atoms in total. The fraction of sp³-hybridized carbons (Fsp3) is 0.120. The second-order valence-electron chi connectivity index (χ2n) is 7.44. The number of imidazole rings is 1. The van der Waals surface area contributed by atoms with Crippen LogP contribution in [0.15, 0.2) is 73.1 Å². The van der Waals surface area contributed by atoms with Crippen LogP contribution in [0, 0.1) is 0 Å². The van der Waals surface area contributed by atoms with Gasteiger partial charge in [-0.25, -0.2) is 15.0 Å². The molecule has 5 rings (SSSR count). The quantitative estimate of drug-likeness (QED) is 0.368. The number of halogens is 1. The maximum absolute atomic E-state index is 6.20. The van der Waals surface area contributed by atoms with Gasteiger partial charge >= 0.3 is 0 Å². The number of aromatic nitrogens is 5. The summed E-state index contributed by atoms with van der Waals surface area (Å²) in [7, 11) is 0. The van der Waals surface area contributed by atoms with Crippen LogP contribution in [0.1, 0.15) is 18.2 Å². The summed E-state index contributed by atoms with van der Waals surface area (Å²) in [5, 5.41) is 0. The number of rotatable bonds is 5. The molecule has 4 heterocycles. The second-order valence-corrected chi connectivity index (χ2v) is 7.71. The topological polar surface area (TPSA) is 82.5 Å². The zero-order valence-electron chi connectivity index (χ0n) is 17.5. The number of anilines is 1. The molecule has 7 heteroatoms. The van der Waals surface area contributed by atoms with E-state index in [-0.39, 0.29) is 0 Å². The van der Waals surface area contributed by atoms with E-state index in [2.05, 4.69) is 23.0 Å². The normalized spacial score (nSPS) is 11.2. The first-order valence-electron chi connectivity index (χ1n) is 10.4. The molecule has 2 N–H and O–H groups in total. The van der Waals surface area contributed by atoms with Crippen molar-refractivity contribution in [2.75, 3.05) is 5.73 Å². The van der Waals surface area contributed by atoms with Crippen LogP contribution in [0.2, 0.25) is 0 Å². The lowest BCUT2D eigenvalue weighted by Crippen LogP contribution is -2.02. The average Bonchev–Trinajstić information content (AvgIpc) is 3.23. The van der Waals surface area contributed by atoms with Crippen molar-refractivity contribution in [3.8, 4) is 28.3 Å². The molecular formula is C25H21ClN6. The molecule has 0 saturated heterocycles. The van der Waals surface area contributed by atoms with Crippen molar-refractivity contribution in [3.05, 3.63) is 84.3 Å². The van der Waals surface area contributed by atoms with E-state index in [1.54, 1.807) is 6.20 Å². The third-order valence-electron chi connectivity index (χ3n) is 5.42. The highest BCUT2D eigenvalue weighted by molar-refractivity contribution is 6.17. The molecule has 0 amide bonds. The Kier molecular flexibility index (Phi) is 5.29. The predicted octanol–water partition coefficient (Wildman–Crippen LogP) is 5.43. The third kappa shape index (κ3) is 3.59. The van der Waals surface area contributed by atoms with Crippen molar-refractivity contribution < 1.29 is 0 Å². The van der Waals surface area contributed by atoms with Gasteiger partial charge in [-0.1, -0.05) is 19.1 Å². The SMILES string of the molecule is CCc1ccc(-c2ccc3nc(-c4cccnc4N)n(-c4ccc(CCl)cc4)c3n2)cn1. The standard InChI is InChI=1S/C25H21ClN6/c1-2-18-8-7-17(15-29-18)21-11-12-22-25(30-21)32(19-9-5-16(14-26)6-10-19)24(31-22)20-4-3-13-28-23(20)27/h3-13,15H,2,14H2,1H3,(H2,27,28). The van der Waals surface area contributed by atoms with Crippen molar-refractivity contribution in [3.63, 3.8) is 0 Å². The Hall–Kier alpha value is -3.77. The van der Waals surface area contributed by atoms with Gasteiger partial charge in [0.25, 0.3) is 0 Å². The van der Waals surface area contributed by atoms with Gasteiger partial charge < -0.3 is 5.73 Å². The molecule has 0 unspecified atom stereocenters. The summed E-state index contributed by atoms with van der Waals surface area (Å²) >= 11 is 6.00. The zero-order valence-corrected chi connectivity index (χ0v) is 18.3. The van der Waals surface area contributed by atoms with E-state index in [0.717, 1.165) is 51.4 Å². The fourth-order valence-corrected chi connectivity index (χ4v) is 3.85. The Morgan fingerprint density at radius 2 is 1.78 bits per heavy atom. The molecule has 32 heavy (non-hydrogen) atoms. The van der Waals surface area contributed by atoms with Gasteiger partial charge in [-0.05, 0) is 60.5 Å². The molecule has 0 atom stereocenters. The van der Waals surface area contributed by atoms with Gasteiger partial charge in [0.15, 0.2) is 11.5 Å². The summed E-state index contributed by atoms with van der Waals surface area (Å²) in [5.41, 5.74) is 13.3. The predicted molar refractivity (Wildman–Crippen MR) is 129 cm³/mol. The van der Waals surface area contributed by atoms with Crippen LogP contribution in [0.25, 0.3) is 39.5 Å². The summed E-state index contributed by atoms with van der Waals surface area (Å²) in [6.07, 6.45) is 4.43.